The number of fused-ring (bicyclic) bond motifs is 2. The summed E-state index contributed by atoms with van der Waals surface area (Å²) in [5, 5.41) is 4.03. The standard InChI is InChI=1S/C25H28F2N4O3/c1-33-22-10-3-2-8-17(22)19-13-21(23(26)27)31-24(29-19)18(14-28-31)25(32)34-15-16-7-6-12-30-11-5-4-9-20(16)30/h2-3,8,10,13-14,16,20,23H,4-7,9,11-12,15H2,1H3/t16-,20+/m0/s1. The van der Waals surface area contributed by atoms with Crippen LogP contribution < -0.4 is 4.74 Å². The van der Waals surface area contributed by atoms with Crippen LogP contribution in [-0.4, -0.2) is 58.3 Å². The third-order valence-electron chi connectivity index (χ3n) is 6.98. The van der Waals surface area contributed by atoms with Crippen molar-refractivity contribution in [1.29, 1.82) is 0 Å². The molecule has 2 saturated heterocycles. The van der Waals surface area contributed by atoms with Gasteiger partial charge >= 0.3 is 5.97 Å². The third kappa shape index (κ3) is 4.24. The van der Waals surface area contributed by atoms with Gasteiger partial charge < -0.3 is 9.47 Å². The summed E-state index contributed by atoms with van der Waals surface area (Å²) < 4.78 is 39.9. The van der Waals surface area contributed by atoms with Gasteiger partial charge in [-0.1, -0.05) is 18.6 Å². The van der Waals surface area contributed by atoms with E-state index in [1.165, 1.54) is 32.2 Å². The van der Waals surface area contributed by atoms with E-state index in [0.717, 1.165) is 36.9 Å². The zero-order chi connectivity index (χ0) is 23.7. The van der Waals surface area contributed by atoms with Crippen LogP contribution in [0.2, 0.25) is 0 Å². The van der Waals surface area contributed by atoms with Gasteiger partial charge in [0, 0.05) is 17.5 Å². The number of nitrogens with zero attached hydrogens (tertiary/aromatic N) is 4. The van der Waals surface area contributed by atoms with Gasteiger partial charge in [-0.3, -0.25) is 4.90 Å². The van der Waals surface area contributed by atoms with Gasteiger partial charge in [0.1, 0.15) is 17.0 Å². The molecule has 0 N–H and O–H groups in total. The molecule has 0 spiro atoms. The summed E-state index contributed by atoms with van der Waals surface area (Å²) in [6.07, 6.45) is 4.12. The lowest BCUT2D eigenvalue weighted by molar-refractivity contribution is 0.00749. The summed E-state index contributed by atoms with van der Waals surface area (Å²) in [5.74, 6) is 0.193. The minimum absolute atomic E-state index is 0.0478. The highest BCUT2D eigenvalue weighted by atomic mass is 19.3. The summed E-state index contributed by atoms with van der Waals surface area (Å²) in [7, 11) is 1.51. The number of hydrogen-bond acceptors (Lipinski definition) is 6. The molecule has 2 fully saturated rings. The first-order valence-electron chi connectivity index (χ1n) is 11.8. The van der Waals surface area contributed by atoms with Gasteiger partial charge in [0.25, 0.3) is 6.43 Å². The Morgan fingerprint density at radius 3 is 2.82 bits per heavy atom. The van der Waals surface area contributed by atoms with E-state index in [4.69, 9.17) is 9.47 Å². The molecule has 4 heterocycles. The van der Waals surface area contributed by atoms with Gasteiger partial charge in [-0.15, -0.1) is 0 Å². The van der Waals surface area contributed by atoms with Crippen LogP contribution in [0.5, 0.6) is 5.75 Å². The molecule has 2 aromatic heterocycles. The predicted octanol–water partition coefficient (Wildman–Crippen LogP) is 4.76. The van der Waals surface area contributed by atoms with E-state index in [9.17, 15) is 13.6 Å². The van der Waals surface area contributed by atoms with Crippen molar-refractivity contribution in [3.05, 3.63) is 47.8 Å². The molecule has 0 radical (unpaired) electrons. The maximum absolute atomic E-state index is 13.9. The highest BCUT2D eigenvalue weighted by molar-refractivity contribution is 5.96. The number of halogens is 2. The Bertz CT molecular complexity index is 1180. The molecule has 2 aliphatic heterocycles. The van der Waals surface area contributed by atoms with Gasteiger partial charge in [0.2, 0.25) is 0 Å². The fraction of sp³-hybridized carbons (Fsp3) is 0.480. The summed E-state index contributed by atoms with van der Waals surface area (Å²) in [6.45, 7) is 2.52. The monoisotopic (exact) mass is 470 g/mol. The lowest BCUT2D eigenvalue weighted by Gasteiger charge is -2.44. The number of methoxy groups -OCH3 is 1. The first-order chi connectivity index (χ1) is 16.6. The highest BCUT2D eigenvalue weighted by Gasteiger charge is 2.34. The number of alkyl halides is 2. The minimum Gasteiger partial charge on any atom is -0.496 e. The second-order valence-electron chi connectivity index (χ2n) is 8.96. The SMILES string of the molecule is COc1ccccc1-c1cc(C(F)F)n2ncc(C(=O)OC[C@@H]3CCCN4CCCC[C@H]34)c2n1. The van der Waals surface area contributed by atoms with Crippen molar-refractivity contribution in [1.82, 2.24) is 19.5 Å². The molecule has 180 valence electrons. The van der Waals surface area contributed by atoms with E-state index in [2.05, 4.69) is 15.0 Å². The lowest BCUT2D eigenvalue weighted by atomic mass is 9.84. The number of rotatable bonds is 6. The zero-order valence-electron chi connectivity index (χ0n) is 19.1. The van der Waals surface area contributed by atoms with Crippen LogP contribution >= 0.6 is 0 Å². The molecular weight excluding hydrogens is 442 g/mol. The first-order valence-corrected chi connectivity index (χ1v) is 11.8. The van der Waals surface area contributed by atoms with Crippen molar-refractivity contribution >= 4 is 11.6 Å². The Hall–Kier alpha value is -3.07. The molecule has 0 unspecified atom stereocenters. The second kappa shape index (κ2) is 9.66. The van der Waals surface area contributed by atoms with Crippen LogP contribution in [-0.2, 0) is 4.74 Å². The van der Waals surface area contributed by atoms with E-state index in [-0.39, 0.29) is 28.5 Å². The van der Waals surface area contributed by atoms with Crippen LogP contribution in [0.15, 0.2) is 36.5 Å². The maximum atomic E-state index is 13.9. The highest BCUT2D eigenvalue weighted by Crippen LogP contribution is 2.33. The Morgan fingerprint density at radius 1 is 1.18 bits per heavy atom. The van der Waals surface area contributed by atoms with Crippen molar-refractivity contribution < 1.29 is 23.0 Å². The predicted molar refractivity (Wildman–Crippen MR) is 122 cm³/mol. The van der Waals surface area contributed by atoms with Crippen molar-refractivity contribution in [2.75, 3.05) is 26.8 Å². The van der Waals surface area contributed by atoms with Gasteiger partial charge in [-0.25, -0.2) is 23.1 Å². The number of ether oxygens (including phenoxy) is 2. The molecule has 7 nitrogen and oxygen atoms in total. The van der Waals surface area contributed by atoms with Crippen LogP contribution in [0.1, 0.15) is 54.6 Å². The fourth-order valence-corrected chi connectivity index (χ4v) is 5.31. The topological polar surface area (TPSA) is 69.0 Å². The average Bonchev–Trinajstić information content (AvgIpc) is 3.30. The molecule has 0 aliphatic carbocycles. The van der Waals surface area contributed by atoms with Gasteiger partial charge in [-0.2, -0.15) is 5.10 Å². The van der Waals surface area contributed by atoms with E-state index in [1.807, 2.05) is 0 Å². The van der Waals surface area contributed by atoms with Gasteiger partial charge in [0.15, 0.2) is 5.65 Å². The molecular formula is C25H28F2N4O3. The molecule has 2 atom stereocenters. The van der Waals surface area contributed by atoms with Gasteiger partial charge in [0.05, 0.1) is 25.6 Å². The van der Waals surface area contributed by atoms with Crippen molar-refractivity contribution in [3.63, 3.8) is 0 Å². The molecule has 3 aromatic rings. The zero-order valence-corrected chi connectivity index (χ0v) is 19.1. The molecule has 9 heteroatoms. The van der Waals surface area contributed by atoms with Crippen molar-refractivity contribution in [2.24, 2.45) is 5.92 Å². The number of hydrogen-bond donors (Lipinski definition) is 0. The van der Waals surface area contributed by atoms with E-state index < -0.39 is 12.4 Å². The minimum atomic E-state index is -2.80. The van der Waals surface area contributed by atoms with Crippen molar-refractivity contribution in [2.45, 2.75) is 44.6 Å². The van der Waals surface area contributed by atoms with Crippen LogP contribution in [0.25, 0.3) is 16.9 Å². The van der Waals surface area contributed by atoms with Crippen LogP contribution in [0.4, 0.5) is 8.78 Å². The van der Waals surface area contributed by atoms with Crippen LogP contribution in [0.3, 0.4) is 0 Å². The maximum Gasteiger partial charge on any atom is 0.343 e. The number of carbonyl (C=O) groups is 1. The number of carbonyl (C=O) groups excluding carboxylic acids is 1. The fourth-order valence-electron chi connectivity index (χ4n) is 5.31. The molecule has 0 amide bonds. The molecule has 34 heavy (non-hydrogen) atoms. The molecule has 0 saturated carbocycles. The normalized spacial score (nSPS) is 20.9. The number of piperidine rings is 2. The summed E-state index contributed by atoms with van der Waals surface area (Å²) in [4.78, 5) is 20.1. The summed E-state index contributed by atoms with van der Waals surface area (Å²) in [5.41, 5.74) is 0.603. The third-order valence-corrected chi connectivity index (χ3v) is 6.98. The average molecular weight is 471 g/mol. The number of benzene rings is 1. The Kier molecular flexibility index (Phi) is 6.45. The Balaban J connectivity index is 1.44. The Morgan fingerprint density at radius 2 is 2.00 bits per heavy atom. The number of para-hydroxylation sites is 1. The summed E-state index contributed by atoms with van der Waals surface area (Å²) >= 11 is 0. The molecule has 1 aromatic carbocycles. The smallest absolute Gasteiger partial charge is 0.343 e. The first kappa shape index (κ1) is 22.7. The van der Waals surface area contributed by atoms with Gasteiger partial charge in [-0.05, 0) is 57.0 Å². The van der Waals surface area contributed by atoms with E-state index in [1.54, 1.807) is 24.3 Å². The quantitative estimate of drug-likeness (QED) is 0.484. The van der Waals surface area contributed by atoms with E-state index in [0.29, 0.717) is 24.0 Å². The molecule has 5 rings (SSSR count). The summed E-state index contributed by atoms with van der Waals surface area (Å²) in [6, 6.07) is 8.75. The molecule has 2 aliphatic rings. The number of esters is 1. The Labute approximate surface area is 196 Å². The van der Waals surface area contributed by atoms with Crippen LogP contribution in [0, 0.1) is 5.92 Å². The number of aromatic nitrogens is 3. The van der Waals surface area contributed by atoms with Crippen molar-refractivity contribution in [3.8, 4) is 17.0 Å². The molecule has 0 bridgehead atoms. The lowest BCUT2D eigenvalue weighted by Crippen LogP contribution is -2.49. The second-order valence-corrected chi connectivity index (χ2v) is 8.96. The van der Waals surface area contributed by atoms with E-state index >= 15 is 0 Å². The largest absolute Gasteiger partial charge is 0.496 e.